The number of hydrogen-bond donors (Lipinski definition) is 2. The molecule has 0 aromatic heterocycles. The summed E-state index contributed by atoms with van der Waals surface area (Å²) in [7, 11) is 0. The Morgan fingerprint density at radius 2 is 1.89 bits per heavy atom. The van der Waals surface area contributed by atoms with Crippen LogP contribution in [0.4, 0.5) is 5.69 Å². The largest absolute Gasteiger partial charge is 0.399 e. The molecular weight excluding hydrogens is 419 g/mol. The van der Waals surface area contributed by atoms with Gasteiger partial charge in [-0.25, -0.2) is 0 Å². The second-order valence-corrected chi connectivity index (χ2v) is 6.13. The molecular formula is C14H12BrIN2O. The van der Waals surface area contributed by atoms with Gasteiger partial charge in [-0.05, 0) is 58.5 Å². The van der Waals surface area contributed by atoms with Crippen molar-refractivity contribution in [3.8, 4) is 0 Å². The average Bonchev–Trinajstić information content (AvgIpc) is 2.40. The molecule has 0 saturated heterocycles. The van der Waals surface area contributed by atoms with Crippen molar-refractivity contribution in [2.24, 2.45) is 0 Å². The molecule has 0 fully saturated rings. The number of carbonyl (C=O) groups is 1. The minimum Gasteiger partial charge on any atom is -0.399 e. The summed E-state index contributed by atoms with van der Waals surface area (Å²) in [5.74, 6) is -0.0810. The standard InChI is InChI=1S/C14H12BrIN2O/c15-10-3-6-13(16)12(7-10)14(19)18-8-9-1-4-11(17)5-2-9/h1-7H,8,17H2,(H,18,19). The first-order valence-electron chi connectivity index (χ1n) is 5.64. The highest BCUT2D eigenvalue weighted by atomic mass is 127. The maximum Gasteiger partial charge on any atom is 0.252 e. The van der Waals surface area contributed by atoms with Crippen LogP contribution >= 0.6 is 38.5 Å². The number of nitrogens with two attached hydrogens (primary N) is 1. The van der Waals surface area contributed by atoms with Gasteiger partial charge in [0.1, 0.15) is 0 Å². The summed E-state index contributed by atoms with van der Waals surface area (Å²) >= 11 is 5.52. The van der Waals surface area contributed by atoms with E-state index in [1.807, 2.05) is 42.5 Å². The van der Waals surface area contributed by atoms with Gasteiger partial charge in [-0.3, -0.25) is 4.79 Å². The van der Waals surface area contributed by atoms with E-state index >= 15 is 0 Å². The van der Waals surface area contributed by atoms with Crippen LogP contribution in [0.1, 0.15) is 15.9 Å². The Morgan fingerprint density at radius 1 is 1.21 bits per heavy atom. The van der Waals surface area contributed by atoms with E-state index in [4.69, 9.17) is 5.73 Å². The van der Waals surface area contributed by atoms with Gasteiger partial charge in [0, 0.05) is 20.3 Å². The number of nitrogens with one attached hydrogen (secondary N) is 1. The minimum atomic E-state index is -0.0810. The maximum absolute atomic E-state index is 12.1. The molecule has 0 spiro atoms. The highest BCUT2D eigenvalue weighted by Gasteiger charge is 2.09. The molecule has 5 heteroatoms. The molecule has 98 valence electrons. The summed E-state index contributed by atoms with van der Waals surface area (Å²) in [5.41, 5.74) is 8.03. The lowest BCUT2D eigenvalue weighted by atomic mass is 10.2. The Bertz CT molecular complexity index is 599. The maximum atomic E-state index is 12.1. The molecule has 0 heterocycles. The van der Waals surface area contributed by atoms with E-state index in [-0.39, 0.29) is 5.91 Å². The van der Waals surface area contributed by atoms with Gasteiger partial charge in [0.15, 0.2) is 0 Å². The van der Waals surface area contributed by atoms with Crippen molar-refractivity contribution in [1.29, 1.82) is 0 Å². The fourth-order valence-electron chi connectivity index (χ4n) is 1.58. The van der Waals surface area contributed by atoms with Crippen LogP contribution in [0.3, 0.4) is 0 Å². The molecule has 0 aliphatic heterocycles. The van der Waals surface area contributed by atoms with E-state index in [0.717, 1.165) is 19.3 Å². The van der Waals surface area contributed by atoms with Gasteiger partial charge < -0.3 is 11.1 Å². The van der Waals surface area contributed by atoms with Crippen LogP contribution in [0.2, 0.25) is 0 Å². The number of amides is 1. The van der Waals surface area contributed by atoms with Crippen molar-refractivity contribution in [3.63, 3.8) is 0 Å². The summed E-state index contributed by atoms with van der Waals surface area (Å²) in [6, 6.07) is 13.1. The van der Waals surface area contributed by atoms with E-state index in [1.54, 1.807) is 0 Å². The van der Waals surface area contributed by atoms with Gasteiger partial charge >= 0.3 is 0 Å². The van der Waals surface area contributed by atoms with E-state index in [2.05, 4.69) is 43.8 Å². The second-order valence-electron chi connectivity index (χ2n) is 4.05. The first-order chi connectivity index (χ1) is 9.06. The molecule has 0 atom stereocenters. The molecule has 0 unspecified atom stereocenters. The quantitative estimate of drug-likeness (QED) is 0.577. The van der Waals surface area contributed by atoms with Crippen molar-refractivity contribution in [3.05, 3.63) is 61.6 Å². The van der Waals surface area contributed by atoms with Crippen LogP contribution in [0.5, 0.6) is 0 Å². The van der Waals surface area contributed by atoms with Crippen LogP contribution < -0.4 is 11.1 Å². The lowest BCUT2D eigenvalue weighted by molar-refractivity contribution is 0.0950. The van der Waals surface area contributed by atoms with Gasteiger partial charge in [-0.15, -0.1) is 0 Å². The molecule has 2 rings (SSSR count). The van der Waals surface area contributed by atoms with Crippen LogP contribution in [-0.4, -0.2) is 5.91 Å². The van der Waals surface area contributed by atoms with E-state index in [0.29, 0.717) is 12.1 Å². The summed E-state index contributed by atoms with van der Waals surface area (Å²) in [5, 5.41) is 2.90. The minimum absolute atomic E-state index is 0.0810. The molecule has 0 bridgehead atoms. The number of anilines is 1. The molecule has 0 saturated carbocycles. The highest BCUT2D eigenvalue weighted by molar-refractivity contribution is 14.1. The number of benzene rings is 2. The smallest absolute Gasteiger partial charge is 0.252 e. The van der Waals surface area contributed by atoms with Gasteiger partial charge in [0.2, 0.25) is 0 Å². The molecule has 2 aromatic rings. The molecule has 1 amide bonds. The Labute approximate surface area is 133 Å². The summed E-state index contributed by atoms with van der Waals surface area (Å²) in [6.45, 7) is 0.488. The van der Waals surface area contributed by atoms with Crippen LogP contribution in [0.15, 0.2) is 46.9 Å². The topological polar surface area (TPSA) is 55.1 Å². The predicted octanol–water partition coefficient (Wildman–Crippen LogP) is 3.57. The second kappa shape index (κ2) is 6.38. The van der Waals surface area contributed by atoms with Crippen molar-refractivity contribution in [1.82, 2.24) is 5.32 Å². The van der Waals surface area contributed by atoms with Gasteiger partial charge in [-0.1, -0.05) is 28.1 Å². The lowest BCUT2D eigenvalue weighted by Gasteiger charge is -2.08. The summed E-state index contributed by atoms with van der Waals surface area (Å²) in [4.78, 5) is 12.1. The molecule has 3 nitrogen and oxygen atoms in total. The Morgan fingerprint density at radius 3 is 2.58 bits per heavy atom. The third-order valence-corrected chi connectivity index (χ3v) is 4.04. The Balaban J connectivity index is 2.05. The average molecular weight is 431 g/mol. The zero-order valence-electron chi connectivity index (χ0n) is 9.99. The number of hydrogen-bond acceptors (Lipinski definition) is 2. The third kappa shape index (κ3) is 3.94. The first kappa shape index (κ1) is 14.3. The monoisotopic (exact) mass is 430 g/mol. The highest BCUT2D eigenvalue weighted by Crippen LogP contribution is 2.18. The molecule has 0 radical (unpaired) electrons. The van der Waals surface area contributed by atoms with Crippen molar-refractivity contribution in [2.75, 3.05) is 5.73 Å². The van der Waals surface area contributed by atoms with Crippen molar-refractivity contribution < 1.29 is 4.79 Å². The van der Waals surface area contributed by atoms with Gasteiger partial charge in [-0.2, -0.15) is 0 Å². The number of nitrogen functional groups attached to an aromatic ring is 1. The fourth-order valence-corrected chi connectivity index (χ4v) is 2.53. The molecule has 2 aromatic carbocycles. The third-order valence-electron chi connectivity index (χ3n) is 2.61. The molecule has 0 aliphatic rings. The van der Waals surface area contributed by atoms with Crippen LogP contribution in [0, 0.1) is 3.57 Å². The van der Waals surface area contributed by atoms with Gasteiger partial charge in [0.25, 0.3) is 5.91 Å². The summed E-state index contributed by atoms with van der Waals surface area (Å²) < 4.78 is 1.82. The predicted molar refractivity (Wildman–Crippen MR) is 88.9 cm³/mol. The Kier molecular flexibility index (Phi) is 4.81. The number of rotatable bonds is 3. The number of halogens is 2. The fraction of sp³-hybridized carbons (Fsp3) is 0.0714. The summed E-state index contributed by atoms with van der Waals surface area (Å²) in [6.07, 6.45) is 0. The zero-order chi connectivity index (χ0) is 13.8. The zero-order valence-corrected chi connectivity index (χ0v) is 13.7. The first-order valence-corrected chi connectivity index (χ1v) is 7.51. The molecule has 19 heavy (non-hydrogen) atoms. The van der Waals surface area contributed by atoms with Gasteiger partial charge in [0.05, 0.1) is 5.56 Å². The van der Waals surface area contributed by atoms with E-state index in [1.165, 1.54) is 0 Å². The van der Waals surface area contributed by atoms with Crippen LogP contribution in [-0.2, 0) is 6.54 Å². The molecule has 3 N–H and O–H groups in total. The van der Waals surface area contributed by atoms with E-state index < -0.39 is 0 Å². The van der Waals surface area contributed by atoms with Crippen molar-refractivity contribution >= 4 is 50.1 Å². The Hall–Kier alpha value is -1.08. The van der Waals surface area contributed by atoms with Crippen LogP contribution in [0.25, 0.3) is 0 Å². The number of carbonyl (C=O) groups excluding carboxylic acids is 1. The SMILES string of the molecule is Nc1ccc(CNC(=O)c2cc(Br)ccc2I)cc1. The molecule has 0 aliphatic carbocycles. The lowest BCUT2D eigenvalue weighted by Crippen LogP contribution is -2.23. The van der Waals surface area contributed by atoms with E-state index in [9.17, 15) is 4.79 Å². The van der Waals surface area contributed by atoms with Crippen molar-refractivity contribution in [2.45, 2.75) is 6.54 Å². The normalized spacial score (nSPS) is 10.2.